The molecule has 1 fully saturated rings. The molecule has 1 rings (SSSR count). The normalized spacial score (nSPS) is 23.2. The van der Waals surface area contributed by atoms with Crippen molar-refractivity contribution < 1.29 is 4.74 Å². The highest BCUT2D eigenvalue weighted by Crippen LogP contribution is 2.32. The first-order valence-electron chi connectivity index (χ1n) is 8.06. The Balaban J connectivity index is 2.72. The SMILES string of the molecule is CCCN(CC1CCC(C)(C)O1)C(CC)(CC)CN. The standard InChI is InChI=1S/C16H34N2O/c1-6-11-18(16(7-2,8-3)13-17)12-14-9-10-15(4,5)19-14/h14H,6-13,17H2,1-5H3. The van der Waals surface area contributed by atoms with Crippen molar-refractivity contribution in [2.75, 3.05) is 19.6 Å². The molecule has 0 aromatic carbocycles. The van der Waals surface area contributed by atoms with Gasteiger partial charge < -0.3 is 10.5 Å². The van der Waals surface area contributed by atoms with Gasteiger partial charge in [-0.25, -0.2) is 0 Å². The minimum atomic E-state index is 0.0619. The third kappa shape index (κ3) is 4.17. The van der Waals surface area contributed by atoms with Crippen LogP contribution in [0.5, 0.6) is 0 Å². The van der Waals surface area contributed by atoms with Crippen LogP contribution >= 0.6 is 0 Å². The van der Waals surface area contributed by atoms with E-state index in [1.54, 1.807) is 0 Å². The van der Waals surface area contributed by atoms with Crippen LogP contribution in [0.25, 0.3) is 0 Å². The van der Waals surface area contributed by atoms with E-state index in [0.29, 0.717) is 6.10 Å². The van der Waals surface area contributed by atoms with Crippen LogP contribution in [0.1, 0.15) is 66.7 Å². The molecule has 0 amide bonds. The molecule has 0 aromatic rings. The van der Waals surface area contributed by atoms with Crippen molar-refractivity contribution in [2.24, 2.45) is 5.73 Å². The van der Waals surface area contributed by atoms with Crippen molar-refractivity contribution in [2.45, 2.75) is 84.0 Å². The van der Waals surface area contributed by atoms with Gasteiger partial charge in [0, 0.05) is 18.6 Å². The zero-order valence-corrected chi connectivity index (χ0v) is 13.7. The van der Waals surface area contributed by atoms with Gasteiger partial charge in [-0.15, -0.1) is 0 Å². The molecule has 3 nitrogen and oxygen atoms in total. The van der Waals surface area contributed by atoms with Gasteiger partial charge in [0.25, 0.3) is 0 Å². The highest BCUT2D eigenvalue weighted by Gasteiger charge is 2.37. The number of ether oxygens (including phenoxy) is 1. The van der Waals surface area contributed by atoms with Crippen LogP contribution in [0, 0.1) is 0 Å². The molecule has 1 heterocycles. The lowest BCUT2D eigenvalue weighted by molar-refractivity contribution is -0.0464. The van der Waals surface area contributed by atoms with Gasteiger partial charge in [-0.2, -0.15) is 0 Å². The summed E-state index contributed by atoms with van der Waals surface area (Å²) in [7, 11) is 0. The summed E-state index contributed by atoms with van der Waals surface area (Å²) >= 11 is 0. The lowest BCUT2D eigenvalue weighted by Crippen LogP contribution is -2.55. The van der Waals surface area contributed by atoms with Gasteiger partial charge in [-0.1, -0.05) is 20.8 Å². The molecule has 0 spiro atoms. The van der Waals surface area contributed by atoms with E-state index in [1.165, 1.54) is 19.3 Å². The maximum Gasteiger partial charge on any atom is 0.0710 e. The largest absolute Gasteiger partial charge is 0.371 e. The van der Waals surface area contributed by atoms with E-state index in [4.69, 9.17) is 10.5 Å². The van der Waals surface area contributed by atoms with E-state index in [9.17, 15) is 0 Å². The fourth-order valence-electron chi connectivity index (χ4n) is 3.36. The number of hydrogen-bond acceptors (Lipinski definition) is 3. The minimum absolute atomic E-state index is 0.0619. The van der Waals surface area contributed by atoms with Crippen LogP contribution in [0.3, 0.4) is 0 Å². The summed E-state index contributed by atoms with van der Waals surface area (Å²) in [4.78, 5) is 2.60. The average Bonchev–Trinajstić information content (AvgIpc) is 2.72. The fourth-order valence-corrected chi connectivity index (χ4v) is 3.36. The van der Waals surface area contributed by atoms with E-state index < -0.39 is 0 Å². The van der Waals surface area contributed by atoms with Crippen molar-refractivity contribution in [1.29, 1.82) is 0 Å². The van der Waals surface area contributed by atoms with Gasteiger partial charge in [0.05, 0.1) is 11.7 Å². The van der Waals surface area contributed by atoms with Crippen molar-refractivity contribution in [3.05, 3.63) is 0 Å². The molecule has 1 saturated heterocycles. The Labute approximate surface area is 119 Å². The van der Waals surface area contributed by atoms with Crippen LogP contribution in [0.2, 0.25) is 0 Å². The summed E-state index contributed by atoms with van der Waals surface area (Å²) in [6.45, 7) is 14.1. The minimum Gasteiger partial charge on any atom is -0.371 e. The Morgan fingerprint density at radius 1 is 1.26 bits per heavy atom. The number of hydrogen-bond donors (Lipinski definition) is 1. The molecule has 3 heteroatoms. The monoisotopic (exact) mass is 270 g/mol. The van der Waals surface area contributed by atoms with Crippen molar-refractivity contribution in [3.63, 3.8) is 0 Å². The molecular formula is C16H34N2O. The predicted molar refractivity (Wildman–Crippen MR) is 82.4 cm³/mol. The average molecular weight is 270 g/mol. The molecule has 0 aliphatic carbocycles. The van der Waals surface area contributed by atoms with Crippen LogP contribution in [0.4, 0.5) is 0 Å². The van der Waals surface area contributed by atoms with Gasteiger partial charge in [-0.05, 0) is 52.5 Å². The third-order valence-electron chi connectivity index (χ3n) is 4.84. The first-order chi connectivity index (χ1) is 8.93. The van der Waals surface area contributed by atoms with Crippen molar-refractivity contribution >= 4 is 0 Å². The van der Waals surface area contributed by atoms with Crippen LogP contribution in [-0.4, -0.2) is 41.8 Å². The van der Waals surface area contributed by atoms with Crippen molar-refractivity contribution in [1.82, 2.24) is 4.90 Å². The topological polar surface area (TPSA) is 38.5 Å². The first kappa shape index (κ1) is 16.9. The predicted octanol–water partition coefficient (Wildman–Crippen LogP) is 3.17. The number of nitrogens with two attached hydrogens (primary N) is 1. The summed E-state index contributed by atoms with van der Waals surface area (Å²) in [6.07, 6.45) is 6.15. The molecule has 0 aromatic heterocycles. The Hall–Kier alpha value is -0.120. The highest BCUT2D eigenvalue weighted by atomic mass is 16.5. The molecule has 1 unspecified atom stereocenters. The zero-order chi connectivity index (χ0) is 14.5. The number of nitrogens with zero attached hydrogens (tertiary/aromatic N) is 1. The Kier molecular flexibility index (Phi) is 6.28. The summed E-state index contributed by atoms with van der Waals surface area (Å²) in [5.41, 5.74) is 6.33. The summed E-state index contributed by atoms with van der Waals surface area (Å²) in [5, 5.41) is 0. The third-order valence-corrected chi connectivity index (χ3v) is 4.84. The van der Waals surface area contributed by atoms with Gasteiger partial charge in [0.15, 0.2) is 0 Å². The molecule has 0 bridgehead atoms. The zero-order valence-electron chi connectivity index (χ0n) is 13.7. The summed E-state index contributed by atoms with van der Waals surface area (Å²) in [5.74, 6) is 0. The highest BCUT2D eigenvalue weighted by molar-refractivity contribution is 4.92. The fraction of sp³-hybridized carbons (Fsp3) is 1.00. The second-order valence-corrected chi connectivity index (χ2v) is 6.62. The smallest absolute Gasteiger partial charge is 0.0710 e. The Bertz CT molecular complexity index is 253. The molecule has 1 aliphatic rings. The van der Waals surface area contributed by atoms with Crippen molar-refractivity contribution in [3.8, 4) is 0 Å². The molecule has 1 atom stereocenters. The lowest BCUT2D eigenvalue weighted by Gasteiger charge is -2.43. The maximum atomic E-state index is 6.17. The first-order valence-corrected chi connectivity index (χ1v) is 8.06. The number of rotatable bonds is 8. The summed E-state index contributed by atoms with van der Waals surface area (Å²) in [6, 6.07) is 0. The van der Waals surface area contributed by atoms with E-state index in [2.05, 4.69) is 39.5 Å². The molecule has 1 aliphatic heterocycles. The van der Waals surface area contributed by atoms with E-state index in [0.717, 1.165) is 32.5 Å². The van der Waals surface area contributed by atoms with Gasteiger partial charge in [0.1, 0.15) is 0 Å². The quantitative estimate of drug-likeness (QED) is 0.736. The van der Waals surface area contributed by atoms with Gasteiger partial charge >= 0.3 is 0 Å². The Morgan fingerprint density at radius 3 is 2.26 bits per heavy atom. The lowest BCUT2D eigenvalue weighted by atomic mass is 9.89. The van der Waals surface area contributed by atoms with E-state index in [1.807, 2.05) is 0 Å². The molecule has 0 radical (unpaired) electrons. The second-order valence-electron chi connectivity index (χ2n) is 6.62. The van der Waals surface area contributed by atoms with E-state index >= 15 is 0 Å². The second kappa shape index (κ2) is 7.05. The van der Waals surface area contributed by atoms with E-state index in [-0.39, 0.29) is 11.1 Å². The van der Waals surface area contributed by atoms with Crippen LogP contribution in [0.15, 0.2) is 0 Å². The van der Waals surface area contributed by atoms with Crippen LogP contribution in [-0.2, 0) is 4.74 Å². The molecule has 0 saturated carbocycles. The molecule has 2 N–H and O–H groups in total. The maximum absolute atomic E-state index is 6.17. The van der Waals surface area contributed by atoms with Crippen LogP contribution < -0.4 is 5.73 Å². The molecule has 114 valence electrons. The molecule has 19 heavy (non-hydrogen) atoms. The summed E-state index contributed by atoms with van der Waals surface area (Å²) < 4.78 is 6.17. The Morgan fingerprint density at radius 2 is 1.89 bits per heavy atom. The van der Waals surface area contributed by atoms with Gasteiger partial charge in [-0.3, -0.25) is 4.90 Å². The molecular weight excluding hydrogens is 236 g/mol. The van der Waals surface area contributed by atoms with Gasteiger partial charge in [0.2, 0.25) is 0 Å².